The van der Waals surface area contributed by atoms with E-state index in [1.165, 1.54) is 10.9 Å². The van der Waals surface area contributed by atoms with Gasteiger partial charge in [0, 0.05) is 36.2 Å². The number of aromatic nitrogens is 2. The molecule has 0 aliphatic carbocycles. The lowest BCUT2D eigenvalue weighted by atomic mass is 9.97. The van der Waals surface area contributed by atoms with E-state index in [0.29, 0.717) is 0 Å². The Hall–Kier alpha value is -2.26. The molecular formula is C16H15N3. The maximum atomic E-state index is 6.33. The van der Waals surface area contributed by atoms with Gasteiger partial charge in [-0.15, -0.1) is 0 Å². The normalized spacial score (nSPS) is 12.5. The van der Waals surface area contributed by atoms with Crippen molar-refractivity contribution in [3.8, 4) is 0 Å². The van der Waals surface area contributed by atoms with Crippen LogP contribution in [0.2, 0.25) is 0 Å². The highest BCUT2D eigenvalue weighted by Gasteiger charge is 2.10. The van der Waals surface area contributed by atoms with Crippen molar-refractivity contribution in [2.45, 2.75) is 12.5 Å². The molecule has 3 nitrogen and oxygen atoms in total. The summed E-state index contributed by atoms with van der Waals surface area (Å²) in [4.78, 5) is 8.31. The third-order valence-corrected chi connectivity index (χ3v) is 3.30. The fraction of sp³-hybridized carbons (Fsp3) is 0.125. The van der Waals surface area contributed by atoms with Crippen molar-refractivity contribution in [2.24, 2.45) is 5.73 Å². The molecule has 0 aliphatic heterocycles. The summed E-state index contributed by atoms with van der Waals surface area (Å²) in [6, 6.07) is 12.1. The van der Waals surface area contributed by atoms with Crippen LogP contribution in [0.25, 0.3) is 10.8 Å². The van der Waals surface area contributed by atoms with Crippen molar-refractivity contribution in [1.82, 2.24) is 9.97 Å². The van der Waals surface area contributed by atoms with Crippen LogP contribution in [0.5, 0.6) is 0 Å². The van der Waals surface area contributed by atoms with E-state index in [4.69, 9.17) is 5.73 Å². The molecule has 0 saturated heterocycles. The number of nitrogens with zero attached hydrogens (tertiary/aromatic N) is 2. The van der Waals surface area contributed by atoms with Crippen molar-refractivity contribution in [2.75, 3.05) is 0 Å². The van der Waals surface area contributed by atoms with Gasteiger partial charge in [0.2, 0.25) is 0 Å². The minimum Gasteiger partial charge on any atom is -0.324 e. The predicted octanol–water partition coefficient (Wildman–Crippen LogP) is 2.87. The van der Waals surface area contributed by atoms with Crippen LogP contribution < -0.4 is 5.73 Å². The first-order valence-corrected chi connectivity index (χ1v) is 6.32. The second-order valence-electron chi connectivity index (χ2n) is 4.62. The molecule has 2 N–H and O–H groups in total. The van der Waals surface area contributed by atoms with Gasteiger partial charge in [0.15, 0.2) is 0 Å². The van der Waals surface area contributed by atoms with Gasteiger partial charge in [-0.3, -0.25) is 9.97 Å². The molecule has 2 aromatic heterocycles. The third kappa shape index (κ3) is 2.46. The quantitative estimate of drug-likeness (QED) is 0.776. The molecule has 19 heavy (non-hydrogen) atoms. The predicted molar refractivity (Wildman–Crippen MR) is 76.6 cm³/mol. The topological polar surface area (TPSA) is 51.8 Å². The Labute approximate surface area is 112 Å². The molecule has 3 aromatic rings. The summed E-state index contributed by atoms with van der Waals surface area (Å²) in [6.07, 6.45) is 8.12. The number of hydrogen-bond donors (Lipinski definition) is 1. The molecule has 0 radical (unpaired) electrons. The van der Waals surface area contributed by atoms with E-state index in [2.05, 4.69) is 22.1 Å². The van der Waals surface area contributed by atoms with E-state index in [9.17, 15) is 0 Å². The highest BCUT2D eigenvalue weighted by atomic mass is 14.7. The molecule has 0 fully saturated rings. The number of hydrogen-bond acceptors (Lipinski definition) is 3. The van der Waals surface area contributed by atoms with Gasteiger partial charge in [0.05, 0.1) is 0 Å². The van der Waals surface area contributed by atoms with Gasteiger partial charge in [-0.25, -0.2) is 0 Å². The van der Waals surface area contributed by atoms with Gasteiger partial charge >= 0.3 is 0 Å². The number of nitrogens with two attached hydrogens (primary N) is 1. The second kappa shape index (κ2) is 5.16. The number of fused-ring (bicyclic) bond motifs is 1. The molecule has 1 unspecified atom stereocenters. The monoisotopic (exact) mass is 249 g/mol. The molecule has 94 valence electrons. The summed E-state index contributed by atoms with van der Waals surface area (Å²) in [6.45, 7) is 0. The largest absolute Gasteiger partial charge is 0.324 e. The van der Waals surface area contributed by atoms with E-state index in [-0.39, 0.29) is 6.04 Å². The zero-order valence-corrected chi connectivity index (χ0v) is 10.5. The minimum absolute atomic E-state index is 0.0546. The van der Waals surface area contributed by atoms with Crippen LogP contribution in [0.3, 0.4) is 0 Å². The fourth-order valence-corrected chi connectivity index (χ4v) is 2.32. The Morgan fingerprint density at radius 2 is 1.74 bits per heavy atom. The van der Waals surface area contributed by atoms with Crippen molar-refractivity contribution in [1.29, 1.82) is 0 Å². The fourth-order valence-electron chi connectivity index (χ4n) is 2.32. The Bertz CT molecular complexity index is 674. The molecule has 2 heterocycles. The maximum absolute atomic E-state index is 6.33. The lowest BCUT2D eigenvalue weighted by Gasteiger charge is -2.14. The van der Waals surface area contributed by atoms with Crippen molar-refractivity contribution >= 4 is 10.8 Å². The lowest BCUT2D eigenvalue weighted by Crippen LogP contribution is -2.14. The standard InChI is InChI=1S/C16H15N3/c17-16(9-12-5-7-18-8-6-12)15-11-19-10-13-3-1-2-4-14(13)15/h1-8,10-11,16H,9,17H2. The number of rotatable bonds is 3. The zero-order chi connectivity index (χ0) is 13.1. The Kier molecular flexibility index (Phi) is 3.21. The van der Waals surface area contributed by atoms with Crippen LogP contribution in [0.15, 0.2) is 61.2 Å². The molecule has 0 aliphatic rings. The summed E-state index contributed by atoms with van der Waals surface area (Å²) in [5.41, 5.74) is 8.62. The Balaban J connectivity index is 1.96. The Morgan fingerprint density at radius 1 is 0.947 bits per heavy atom. The van der Waals surface area contributed by atoms with Gasteiger partial charge in [-0.05, 0) is 35.1 Å². The number of benzene rings is 1. The molecule has 1 aromatic carbocycles. The first-order chi connectivity index (χ1) is 9.34. The van der Waals surface area contributed by atoms with Crippen molar-refractivity contribution < 1.29 is 0 Å². The van der Waals surface area contributed by atoms with Crippen LogP contribution >= 0.6 is 0 Å². The van der Waals surface area contributed by atoms with Gasteiger partial charge in [-0.1, -0.05) is 24.3 Å². The van der Waals surface area contributed by atoms with Gasteiger partial charge in [-0.2, -0.15) is 0 Å². The maximum Gasteiger partial charge on any atom is 0.0357 e. The SMILES string of the molecule is NC(Cc1ccncc1)c1cncc2ccccc12. The highest BCUT2D eigenvalue weighted by Crippen LogP contribution is 2.23. The molecular weight excluding hydrogens is 234 g/mol. The minimum atomic E-state index is -0.0546. The highest BCUT2D eigenvalue weighted by molar-refractivity contribution is 5.85. The molecule has 0 amide bonds. The Morgan fingerprint density at radius 3 is 2.58 bits per heavy atom. The lowest BCUT2D eigenvalue weighted by molar-refractivity contribution is 0.724. The zero-order valence-electron chi connectivity index (χ0n) is 10.5. The molecule has 0 bridgehead atoms. The summed E-state index contributed by atoms with van der Waals surface area (Å²) in [5, 5.41) is 2.31. The first kappa shape index (κ1) is 11.8. The summed E-state index contributed by atoms with van der Waals surface area (Å²) < 4.78 is 0. The van der Waals surface area contributed by atoms with E-state index < -0.39 is 0 Å². The van der Waals surface area contributed by atoms with Crippen LogP contribution in [0, 0.1) is 0 Å². The first-order valence-electron chi connectivity index (χ1n) is 6.32. The van der Waals surface area contributed by atoms with Gasteiger partial charge < -0.3 is 5.73 Å². The molecule has 3 heteroatoms. The third-order valence-electron chi connectivity index (χ3n) is 3.30. The summed E-state index contributed by atoms with van der Waals surface area (Å²) >= 11 is 0. The van der Waals surface area contributed by atoms with Gasteiger partial charge in [0.25, 0.3) is 0 Å². The van der Waals surface area contributed by atoms with E-state index >= 15 is 0 Å². The van der Waals surface area contributed by atoms with Crippen LogP contribution in [0.1, 0.15) is 17.2 Å². The van der Waals surface area contributed by atoms with Crippen LogP contribution in [0.4, 0.5) is 0 Å². The molecule has 1 atom stereocenters. The van der Waals surface area contributed by atoms with Crippen LogP contribution in [-0.2, 0) is 6.42 Å². The van der Waals surface area contributed by atoms with Crippen molar-refractivity contribution in [3.05, 3.63) is 72.3 Å². The average molecular weight is 249 g/mol. The smallest absolute Gasteiger partial charge is 0.0357 e. The van der Waals surface area contributed by atoms with Crippen molar-refractivity contribution in [3.63, 3.8) is 0 Å². The second-order valence-corrected chi connectivity index (χ2v) is 4.62. The van der Waals surface area contributed by atoms with Gasteiger partial charge in [0.1, 0.15) is 0 Å². The number of pyridine rings is 2. The van der Waals surface area contributed by atoms with E-state index in [1.807, 2.05) is 36.7 Å². The average Bonchev–Trinajstić information content (AvgIpc) is 2.47. The van der Waals surface area contributed by atoms with E-state index in [1.54, 1.807) is 12.4 Å². The molecule has 0 spiro atoms. The summed E-state index contributed by atoms with van der Waals surface area (Å²) in [5.74, 6) is 0. The summed E-state index contributed by atoms with van der Waals surface area (Å²) in [7, 11) is 0. The molecule has 3 rings (SSSR count). The molecule has 0 saturated carbocycles. The van der Waals surface area contributed by atoms with E-state index in [0.717, 1.165) is 17.4 Å². The van der Waals surface area contributed by atoms with Crippen LogP contribution in [-0.4, -0.2) is 9.97 Å².